The summed E-state index contributed by atoms with van der Waals surface area (Å²) in [5.41, 5.74) is -0.284. The Morgan fingerprint density at radius 3 is 2.88 bits per heavy atom. The van der Waals surface area contributed by atoms with Crippen LogP contribution in [0.4, 0.5) is 4.39 Å². The largest absolute Gasteiger partial charge is 0.496 e. The van der Waals surface area contributed by atoms with Crippen LogP contribution in [0, 0.1) is 5.82 Å². The minimum Gasteiger partial charge on any atom is -0.496 e. The van der Waals surface area contributed by atoms with E-state index in [0.29, 0.717) is 0 Å². The Bertz CT molecular complexity index is 564. The molecule has 0 aliphatic carbocycles. The second-order valence-electron chi connectivity index (χ2n) is 3.16. The third-order valence-electron chi connectivity index (χ3n) is 2.13. The third-order valence-corrected chi connectivity index (χ3v) is 2.13. The zero-order valence-electron chi connectivity index (χ0n) is 8.81. The fourth-order valence-electron chi connectivity index (χ4n) is 1.37. The third kappa shape index (κ3) is 1.96. The number of oxazole rings is 1. The summed E-state index contributed by atoms with van der Waals surface area (Å²) in [5, 5.41) is 8.69. The van der Waals surface area contributed by atoms with Gasteiger partial charge in [-0.25, -0.2) is 14.2 Å². The first-order chi connectivity index (χ1) is 8.13. The molecule has 2 aromatic rings. The van der Waals surface area contributed by atoms with Gasteiger partial charge in [-0.1, -0.05) is 6.07 Å². The van der Waals surface area contributed by atoms with Gasteiger partial charge < -0.3 is 14.3 Å². The number of carbonyl (C=O) groups is 1. The van der Waals surface area contributed by atoms with Gasteiger partial charge in [0.2, 0.25) is 5.89 Å². The summed E-state index contributed by atoms with van der Waals surface area (Å²) in [6, 6.07) is 4.21. The summed E-state index contributed by atoms with van der Waals surface area (Å²) in [6.45, 7) is 0. The molecule has 2 rings (SSSR count). The van der Waals surface area contributed by atoms with Crippen LogP contribution in [0.5, 0.6) is 5.75 Å². The number of carboxylic acids is 1. The smallest absolute Gasteiger partial charge is 0.357 e. The number of hydrogen-bond donors (Lipinski definition) is 1. The van der Waals surface area contributed by atoms with Gasteiger partial charge in [0.15, 0.2) is 5.69 Å². The van der Waals surface area contributed by atoms with Crippen LogP contribution < -0.4 is 4.74 Å². The number of aromatic nitrogens is 1. The molecule has 0 spiro atoms. The lowest BCUT2D eigenvalue weighted by Crippen LogP contribution is -1.97. The molecule has 0 amide bonds. The number of nitrogens with zero attached hydrogens (tertiary/aromatic N) is 1. The van der Waals surface area contributed by atoms with Crippen molar-refractivity contribution in [3.05, 3.63) is 36.0 Å². The summed E-state index contributed by atoms with van der Waals surface area (Å²) in [4.78, 5) is 14.3. The fourth-order valence-corrected chi connectivity index (χ4v) is 1.37. The number of hydrogen-bond acceptors (Lipinski definition) is 4. The molecule has 1 N–H and O–H groups in total. The van der Waals surface area contributed by atoms with E-state index in [1.807, 2.05) is 0 Å². The molecule has 0 radical (unpaired) electrons. The standard InChI is InChI=1S/C11H8FNO4/c1-16-8-4-2-3-6(12)9(8)10-13-7(5-17-10)11(14)15/h2-5H,1H3,(H,14,15). The molecule has 88 valence electrons. The van der Waals surface area contributed by atoms with Crippen LogP contribution in [0.1, 0.15) is 10.5 Å². The van der Waals surface area contributed by atoms with E-state index in [9.17, 15) is 9.18 Å². The van der Waals surface area contributed by atoms with E-state index in [4.69, 9.17) is 14.3 Å². The average molecular weight is 237 g/mol. The van der Waals surface area contributed by atoms with Crippen LogP contribution in [0.2, 0.25) is 0 Å². The van der Waals surface area contributed by atoms with E-state index in [1.54, 1.807) is 0 Å². The Morgan fingerprint density at radius 1 is 1.53 bits per heavy atom. The minimum absolute atomic E-state index is 0.00231. The first-order valence-corrected chi connectivity index (χ1v) is 4.65. The summed E-state index contributed by atoms with van der Waals surface area (Å²) >= 11 is 0. The maximum atomic E-state index is 13.6. The molecule has 1 aromatic heterocycles. The van der Waals surface area contributed by atoms with Crippen molar-refractivity contribution in [3.63, 3.8) is 0 Å². The zero-order chi connectivity index (χ0) is 12.4. The Hall–Kier alpha value is -2.37. The zero-order valence-corrected chi connectivity index (χ0v) is 8.81. The minimum atomic E-state index is -1.24. The second-order valence-corrected chi connectivity index (χ2v) is 3.16. The van der Waals surface area contributed by atoms with E-state index >= 15 is 0 Å². The van der Waals surface area contributed by atoms with Gasteiger partial charge in [0, 0.05) is 0 Å². The van der Waals surface area contributed by atoms with E-state index in [1.165, 1.54) is 25.3 Å². The number of rotatable bonds is 3. The number of ether oxygens (including phenoxy) is 1. The molecule has 17 heavy (non-hydrogen) atoms. The molecule has 0 fully saturated rings. The first-order valence-electron chi connectivity index (χ1n) is 4.65. The van der Waals surface area contributed by atoms with Gasteiger partial charge in [-0.2, -0.15) is 0 Å². The summed E-state index contributed by atoms with van der Waals surface area (Å²) in [5.74, 6) is -1.74. The van der Waals surface area contributed by atoms with Gasteiger partial charge in [-0.3, -0.25) is 0 Å². The maximum Gasteiger partial charge on any atom is 0.357 e. The molecule has 0 aliphatic heterocycles. The number of aromatic carboxylic acids is 1. The van der Waals surface area contributed by atoms with Crippen molar-refractivity contribution in [2.75, 3.05) is 7.11 Å². The number of halogens is 1. The molecular weight excluding hydrogens is 229 g/mol. The van der Waals surface area contributed by atoms with Crippen molar-refractivity contribution < 1.29 is 23.4 Å². The van der Waals surface area contributed by atoms with Crippen molar-refractivity contribution in [2.24, 2.45) is 0 Å². The van der Waals surface area contributed by atoms with Crippen molar-refractivity contribution in [2.45, 2.75) is 0 Å². The maximum absolute atomic E-state index is 13.6. The van der Waals surface area contributed by atoms with Gasteiger partial charge in [-0.05, 0) is 12.1 Å². The molecule has 0 atom stereocenters. The van der Waals surface area contributed by atoms with E-state index in [2.05, 4.69) is 4.98 Å². The van der Waals surface area contributed by atoms with Crippen molar-refractivity contribution in [1.82, 2.24) is 4.98 Å². The lowest BCUT2D eigenvalue weighted by Gasteiger charge is -2.05. The molecule has 0 bridgehead atoms. The molecule has 0 aliphatic rings. The lowest BCUT2D eigenvalue weighted by molar-refractivity contribution is 0.0690. The van der Waals surface area contributed by atoms with Gasteiger partial charge in [-0.15, -0.1) is 0 Å². The Labute approximate surface area is 95.5 Å². The van der Waals surface area contributed by atoms with Gasteiger partial charge in [0.05, 0.1) is 7.11 Å². The number of benzene rings is 1. The Kier molecular flexibility index (Phi) is 2.78. The highest BCUT2D eigenvalue weighted by atomic mass is 19.1. The fraction of sp³-hybridized carbons (Fsp3) is 0.0909. The van der Waals surface area contributed by atoms with Crippen LogP contribution in [-0.4, -0.2) is 23.2 Å². The molecule has 0 saturated carbocycles. The predicted octanol–water partition coefficient (Wildman–Crippen LogP) is 2.19. The van der Waals surface area contributed by atoms with Gasteiger partial charge >= 0.3 is 5.97 Å². The number of methoxy groups -OCH3 is 1. The van der Waals surface area contributed by atoms with Gasteiger partial charge in [0.25, 0.3) is 0 Å². The van der Waals surface area contributed by atoms with Crippen molar-refractivity contribution in [1.29, 1.82) is 0 Å². The normalized spacial score (nSPS) is 10.2. The molecule has 0 unspecified atom stereocenters. The van der Waals surface area contributed by atoms with Gasteiger partial charge in [0.1, 0.15) is 23.4 Å². The van der Waals surface area contributed by atoms with Crippen LogP contribution in [0.3, 0.4) is 0 Å². The monoisotopic (exact) mass is 237 g/mol. The highest BCUT2D eigenvalue weighted by Gasteiger charge is 2.18. The molecule has 6 heteroatoms. The van der Waals surface area contributed by atoms with E-state index in [0.717, 1.165) is 6.26 Å². The Balaban J connectivity index is 2.55. The highest BCUT2D eigenvalue weighted by molar-refractivity contribution is 5.85. The first kappa shape index (κ1) is 11.1. The summed E-state index contributed by atoms with van der Waals surface area (Å²) in [7, 11) is 1.37. The highest BCUT2D eigenvalue weighted by Crippen LogP contribution is 2.31. The summed E-state index contributed by atoms with van der Waals surface area (Å²) < 4.78 is 23.5. The molecule has 1 heterocycles. The van der Waals surface area contributed by atoms with Crippen molar-refractivity contribution >= 4 is 5.97 Å². The van der Waals surface area contributed by atoms with E-state index in [-0.39, 0.29) is 22.9 Å². The molecular formula is C11H8FNO4. The quantitative estimate of drug-likeness (QED) is 0.885. The predicted molar refractivity (Wildman–Crippen MR) is 55.4 cm³/mol. The van der Waals surface area contributed by atoms with Crippen LogP contribution >= 0.6 is 0 Å². The van der Waals surface area contributed by atoms with Crippen LogP contribution in [0.25, 0.3) is 11.5 Å². The number of carboxylic acid groups (broad SMARTS) is 1. The Morgan fingerprint density at radius 2 is 2.29 bits per heavy atom. The van der Waals surface area contributed by atoms with E-state index < -0.39 is 11.8 Å². The van der Waals surface area contributed by atoms with Crippen LogP contribution in [-0.2, 0) is 0 Å². The molecule has 1 aromatic carbocycles. The molecule has 0 saturated heterocycles. The summed E-state index contributed by atoms with van der Waals surface area (Å²) in [6.07, 6.45) is 0.948. The topological polar surface area (TPSA) is 72.6 Å². The lowest BCUT2D eigenvalue weighted by atomic mass is 10.2. The molecule has 5 nitrogen and oxygen atoms in total. The van der Waals surface area contributed by atoms with Crippen LogP contribution in [0.15, 0.2) is 28.9 Å². The SMILES string of the molecule is COc1cccc(F)c1-c1nc(C(=O)O)co1. The van der Waals surface area contributed by atoms with Crippen molar-refractivity contribution in [3.8, 4) is 17.2 Å². The second kappa shape index (κ2) is 4.25. The average Bonchev–Trinajstić information content (AvgIpc) is 2.77.